The zero-order chi connectivity index (χ0) is 18.0. The summed E-state index contributed by atoms with van der Waals surface area (Å²) >= 11 is 0. The Morgan fingerprint density at radius 2 is 1.50 bits per heavy atom. The van der Waals surface area contributed by atoms with Crippen molar-refractivity contribution in [1.82, 2.24) is 0 Å². The largest absolute Gasteiger partial charge is 0.464 e. The molecule has 0 aliphatic rings. The first-order chi connectivity index (χ1) is 11.6. The van der Waals surface area contributed by atoms with Crippen LogP contribution in [0, 0.1) is 5.41 Å². The van der Waals surface area contributed by atoms with Crippen LogP contribution in [-0.2, 0) is 9.53 Å². The van der Waals surface area contributed by atoms with Crippen LogP contribution in [0.1, 0.15) is 90.9 Å². The topological polar surface area (TPSA) is 70.4 Å². The van der Waals surface area contributed by atoms with E-state index in [1.54, 1.807) is 6.92 Å². The van der Waals surface area contributed by atoms with Crippen molar-refractivity contribution in [2.24, 2.45) is 0 Å². The van der Waals surface area contributed by atoms with Gasteiger partial charge < -0.3 is 15.3 Å². The van der Waals surface area contributed by atoms with Crippen LogP contribution in [-0.4, -0.2) is 29.5 Å². The van der Waals surface area contributed by atoms with Gasteiger partial charge in [-0.2, -0.15) is 0 Å². The third-order valence-electron chi connectivity index (χ3n) is 4.05. The highest BCUT2D eigenvalue weighted by Gasteiger charge is 2.20. The van der Waals surface area contributed by atoms with Crippen LogP contribution in [0.4, 0.5) is 0 Å². The molecule has 0 saturated heterocycles. The van der Waals surface area contributed by atoms with Gasteiger partial charge >= 0.3 is 5.97 Å². The molecule has 4 nitrogen and oxygen atoms in total. The summed E-state index contributed by atoms with van der Waals surface area (Å²) in [5.41, 5.74) is 0.0621. The van der Waals surface area contributed by atoms with Crippen molar-refractivity contribution >= 4 is 11.7 Å². The number of hydrogen-bond donors (Lipinski definition) is 2. The summed E-state index contributed by atoms with van der Waals surface area (Å²) in [7, 11) is 0. The van der Waals surface area contributed by atoms with E-state index in [9.17, 15) is 9.90 Å². The summed E-state index contributed by atoms with van der Waals surface area (Å²) in [6.45, 7) is 4.16. The van der Waals surface area contributed by atoms with Gasteiger partial charge in [0.05, 0.1) is 6.61 Å². The molecule has 0 heterocycles. The fourth-order valence-electron chi connectivity index (χ4n) is 2.53. The maximum Gasteiger partial charge on any atom is 0.340 e. The zero-order valence-corrected chi connectivity index (χ0v) is 15.7. The number of esters is 1. The zero-order valence-electron chi connectivity index (χ0n) is 15.7. The van der Waals surface area contributed by atoms with Crippen LogP contribution in [0.15, 0.2) is 12.2 Å². The number of nitrogens with one attached hydrogen (secondary N) is 1. The van der Waals surface area contributed by atoms with Gasteiger partial charge in [0.1, 0.15) is 0 Å². The Morgan fingerprint density at radius 3 is 2.08 bits per heavy atom. The van der Waals surface area contributed by atoms with Crippen LogP contribution in [0.5, 0.6) is 0 Å². The van der Waals surface area contributed by atoms with E-state index < -0.39 is 12.1 Å². The lowest BCUT2D eigenvalue weighted by atomic mass is 10.1. The second-order valence-electron chi connectivity index (χ2n) is 6.31. The maximum absolute atomic E-state index is 11.3. The molecule has 4 heteroatoms. The molecule has 0 saturated carbocycles. The van der Waals surface area contributed by atoms with Crippen molar-refractivity contribution in [3.8, 4) is 0 Å². The van der Waals surface area contributed by atoms with E-state index in [0.717, 1.165) is 25.7 Å². The van der Waals surface area contributed by atoms with Crippen LogP contribution in [0.3, 0.4) is 0 Å². The summed E-state index contributed by atoms with van der Waals surface area (Å²) in [4.78, 5) is 11.3. The second-order valence-corrected chi connectivity index (χ2v) is 6.31. The summed E-state index contributed by atoms with van der Waals surface area (Å²) in [6, 6.07) is 0. The van der Waals surface area contributed by atoms with E-state index in [1.165, 1.54) is 44.9 Å². The summed E-state index contributed by atoms with van der Waals surface area (Å²) in [6.07, 6.45) is 16.9. The lowest BCUT2D eigenvalue weighted by Crippen LogP contribution is -2.31. The monoisotopic (exact) mass is 339 g/mol. The van der Waals surface area contributed by atoms with Crippen LogP contribution >= 0.6 is 0 Å². The SMILES string of the molecule is CCCCCCCCC=CCCCCCC(=N)C(O)C(=O)OCC. The molecule has 0 rings (SSSR count). The van der Waals surface area contributed by atoms with Gasteiger partial charge in [-0.3, -0.25) is 0 Å². The second kappa shape index (κ2) is 16.7. The number of aliphatic hydroxyl groups excluding tert-OH is 1. The Labute approximate surface area is 148 Å². The van der Waals surface area contributed by atoms with Crippen LogP contribution < -0.4 is 0 Å². The molecule has 1 atom stereocenters. The number of rotatable bonds is 16. The molecule has 1 unspecified atom stereocenters. The van der Waals surface area contributed by atoms with Crippen molar-refractivity contribution in [1.29, 1.82) is 5.41 Å². The first kappa shape index (κ1) is 22.8. The van der Waals surface area contributed by atoms with Gasteiger partial charge in [-0.05, 0) is 45.4 Å². The van der Waals surface area contributed by atoms with Crippen LogP contribution in [0.2, 0.25) is 0 Å². The maximum atomic E-state index is 11.3. The number of unbranched alkanes of at least 4 members (excludes halogenated alkanes) is 9. The summed E-state index contributed by atoms with van der Waals surface area (Å²) in [5.74, 6) is -0.708. The van der Waals surface area contributed by atoms with Crippen LogP contribution in [0.25, 0.3) is 0 Å². The molecular formula is C20H37NO3. The number of ether oxygens (including phenoxy) is 1. The van der Waals surface area contributed by atoms with Crippen molar-refractivity contribution in [3.63, 3.8) is 0 Å². The minimum absolute atomic E-state index is 0.0621. The third-order valence-corrected chi connectivity index (χ3v) is 4.05. The van der Waals surface area contributed by atoms with E-state index >= 15 is 0 Å². The molecule has 0 spiro atoms. The normalized spacial score (nSPS) is 12.5. The average molecular weight is 340 g/mol. The van der Waals surface area contributed by atoms with Gasteiger partial charge in [-0.1, -0.05) is 57.6 Å². The van der Waals surface area contributed by atoms with Crippen molar-refractivity contribution in [3.05, 3.63) is 12.2 Å². The summed E-state index contributed by atoms with van der Waals surface area (Å²) < 4.78 is 4.70. The Balaban J connectivity index is 3.45. The van der Waals surface area contributed by atoms with Gasteiger partial charge in [0.15, 0.2) is 6.10 Å². The molecule has 0 aromatic heterocycles. The Bertz CT molecular complexity index is 353. The lowest BCUT2D eigenvalue weighted by molar-refractivity contribution is -0.149. The molecule has 0 aliphatic heterocycles. The lowest BCUT2D eigenvalue weighted by Gasteiger charge is -2.10. The summed E-state index contributed by atoms with van der Waals surface area (Å²) in [5, 5.41) is 17.3. The molecule has 0 aromatic rings. The molecule has 24 heavy (non-hydrogen) atoms. The molecule has 0 bridgehead atoms. The van der Waals surface area contributed by atoms with Crippen molar-refractivity contribution < 1.29 is 14.6 Å². The van der Waals surface area contributed by atoms with E-state index in [1.807, 2.05) is 0 Å². The average Bonchev–Trinajstić information content (AvgIpc) is 2.58. The quantitative estimate of drug-likeness (QED) is 0.176. The van der Waals surface area contributed by atoms with Crippen molar-refractivity contribution in [2.45, 2.75) is 97.0 Å². The van der Waals surface area contributed by atoms with E-state index in [4.69, 9.17) is 10.1 Å². The first-order valence-corrected chi connectivity index (χ1v) is 9.70. The molecule has 0 radical (unpaired) electrons. The fraction of sp³-hybridized carbons (Fsp3) is 0.800. The molecule has 0 fully saturated rings. The Morgan fingerprint density at radius 1 is 0.958 bits per heavy atom. The van der Waals surface area contributed by atoms with E-state index in [2.05, 4.69) is 19.1 Å². The van der Waals surface area contributed by atoms with Gasteiger partial charge in [0.25, 0.3) is 0 Å². The Hall–Kier alpha value is -1.16. The fourth-order valence-corrected chi connectivity index (χ4v) is 2.53. The Kier molecular flexibility index (Phi) is 15.9. The van der Waals surface area contributed by atoms with Gasteiger partial charge in [-0.15, -0.1) is 0 Å². The smallest absolute Gasteiger partial charge is 0.340 e. The van der Waals surface area contributed by atoms with Crippen molar-refractivity contribution in [2.75, 3.05) is 6.61 Å². The molecule has 0 amide bonds. The number of carbonyl (C=O) groups is 1. The predicted octanol–water partition coefficient (Wildman–Crippen LogP) is 5.19. The molecule has 0 aromatic carbocycles. The molecular weight excluding hydrogens is 302 g/mol. The first-order valence-electron chi connectivity index (χ1n) is 9.70. The molecule has 140 valence electrons. The highest BCUT2D eigenvalue weighted by molar-refractivity contribution is 6.03. The van der Waals surface area contributed by atoms with Gasteiger partial charge in [0, 0.05) is 5.71 Å². The molecule has 0 aliphatic carbocycles. The van der Waals surface area contributed by atoms with E-state index in [0.29, 0.717) is 6.42 Å². The minimum atomic E-state index is -1.39. The highest BCUT2D eigenvalue weighted by Crippen LogP contribution is 2.09. The van der Waals surface area contributed by atoms with E-state index in [-0.39, 0.29) is 12.3 Å². The number of aliphatic hydroxyl groups is 1. The number of carbonyl (C=O) groups excluding carboxylic acids is 1. The number of allylic oxidation sites excluding steroid dienone is 2. The van der Waals surface area contributed by atoms with Gasteiger partial charge in [-0.25, -0.2) is 4.79 Å². The third kappa shape index (κ3) is 13.3. The highest BCUT2D eigenvalue weighted by atomic mass is 16.5. The standard InChI is InChI=1S/C20H37NO3/c1-3-5-6-7-8-9-10-11-12-13-14-15-16-17-18(21)19(22)20(23)24-4-2/h11-12,19,21-22H,3-10,13-17H2,1-2H3. The minimum Gasteiger partial charge on any atom is -0.464 e. The predicted molar refractivity (Wildman–Crippen MR) is 101 cm³/mol. The number of hydrogen-bond acceptors (Lipinski definition) is 4. The molecule has 2 N–H and O–H groups in total. The van der Waals surface area contributed by atoms with Gasteiger partial charge in [0.2, 0.25) is 0 Å².